The lowest BCUT2D eigenvalue weighted by molar-refractivity contribution is -0.138. The average Bonchev–Trinajstić information content (AvgIpc) is 1.81. The van der Waals surface area contributed by atoms with Crippen LogP contribution in [0.15, 0.2) is 0 Å². The van der Waals surface area contributed by atoms with Gasteiger partial charge in [-0.2, -0.15) is 13.2 Å². The molecule has 3 nitrogen and oxygen atoms in total. The molecule has 0 bridgehead atoms. The molecule has 0 heterocycles. The van der Waals surface area contributed by atoms with Gasteiger partial charge in [-0.25, -0.2) is 4.79 Å². The Labute approximate surface area is 74.9 Å². The van der Waals surface area contributed by atoms with E-state index < -0.39 is 24.7 Å². The van der Waals surface area contributed by atoms with E-state index in [4.69, 9.17) is 0 Å². The molecule has 1 unspecified atom stereocenters. The van der Waals surface area contributed by atoms with E-state index in [2.05, 4.69) is 5.32 Å². The van der Waals surface area contributed by atoms with E-state index in [1.807, 2.05) is 0 Å². The fraction of sp³-hybridized carbons (Fsp3) is 0.857. The van der Waals surface area contributed by atoms with Crippen molar-refractivity contribution in [3.63, 3.8) is 0 Å². The number of urea groups is 1. The molecule has 0 aromatic carbocycles. The zero-order chi connectivity index (χ0) is 10.6. The SMILES string of the molecule is CC(CC(F)(F)F)NC(=O)N(C)C. The van der Waals surface area contributed by atoms with E-state index in [1.165, 1.54) is 25.9 Å². The summed E-state index contributed by atoms with van der Waals surface area (Å²) in [5.41, 5.74) is 0. The van der Waals surface area contributed by atoms with Gasteiger partial charge in [-0.1, -0.05) is 0 Å². The molecule has 0 fully saturated rings. The largest absolute Gasteiger partial charge is 0.391 e. The summed E-state index contributed by atoms with van der Waals surface area (Å²) < 4.78 is 35.4. The highest BCUT2D eigenvalue weighted by Gasteiger charge is 2.30. The number of nitrogens with zero attached hydrogens (tertiary/aromatic N) is 1. The molecule has 78 valence electrons. The molecule has 0 aliphatic rings. The lowest BCUT2D eigenvalue weighted by atomic mass is 10.2. The van der Waals surface area contributed by atoms with Crippen LogP contribution in [-0.4, -0.2) is 37.2 Å². The van der Waals surface area contributed by atoms with Gasteiger partial charge < -0.3 is 10.2 Å². The highest BCUT2D eigenvalue weighted by Crippen LogP contribution is 2.21. The number of alkyl halides is 3. The number of amides is 2. The molecule has 1 N–H and O–H groups in total. The van der Waals surface area contributed by atoms with Crippen molar-refractivity contribution in [3.05, 3.63) is 0 Å². The van der Waals surface area contributed by atoms with Gasteiger partial charge in [0.05, 0.1) is 6.42 Å². The van der Waals surface area contributed by atoms with Gasteiger partial charge in [-0.3, -0.25) is 0 Å². The van der Waals surface area contributed by atoms with Crippen molar-refractivity contribution in [2.24, 2.45) is 0 Å². The van der Waals surface area contributed by atoms with Crippen LogP contribution in [0.2, 0.25) is 0 Å². The van der Waals surface area contributed by atoms with Crippen LogP contribution in [-0.2, 0) is 0 Å². The van der Waals surface area contributed by atoms with Crippen molar-refractivity contribution >= 4 is 6.03 Å². The summed E-state index contributed by atoms with van der Waals surface area (Å²) >= 11 is 0. The molecule has 0 aliphatic carbocycles. The second kappa shape index (κ2) is 4.34. The molecule has 0 aromatic rings. The lowest BCUT2D eigenvalue weighted by Crippen LogP contribution is -2.41. The quantitative estimate of drug-likeness (QED) is 0.718. The van der Waals surface area contributed by atoms with Gasteiger partial charge >= 0.3 is 12.2 Å². The maximum Gasteiger partial charge on any atom is 0.391 e. The molecular formula is C7H13F3N2O. The predicted molar refractivity (Wildman–Crippen MR) is 42.4 cm³/mol. The topological polar surface area (TPSA) is 32.3 Å². The zero-order valence-corrected chi connectivity index (χ0v) is 7.77. The Hall–Kier alpha value is -0.940. The molecule has 0 rings (SSSR count). The van der Waals surface area contributed by atoms with Crippen molar-refractivity contribution < 1.29 is 18.0 Å². The fourth-order valence-corrected chi connectivity index (χ4v) is 0.738. The Morgan fingerprint density at radius 2 is 1.92 bits per heavy atom. The number of halogens is 3. The molecule has 0 aliphatic heterocycles. The minimum Gasteiger partial charge on any atom is -0.335 e. The van der Waals surface area contributed by atoms with Gasteiger partial charge in [0.15, 0.2) is 0 Å². The summed E-state index contributed by atoms with van der Waals surface area (Å²) in [5.74, 6) is 0. The summed E-state index contributed by atoms with van der Waals surface area (Å²) in [6, 6.07) is -1.41. The molecule has 0 aromatic heterocycles. The summed E-state index contributed by atoms with van der Waals surface area (Å²) in [6.45, 7) is 1.31. The lowest BCUT2D eigenvalue weighted by Gasteiger charge is -2.18. The van der Waals surface area contributed by atoms with Crippen LogP contribution in [0.25, 0.3) is 0 Å². The first kappa shape index (κ1) is 12.1. The van der Waals surface area contributed by atoms with E-state index >= 15 is 0 Å². The molecule has 2 amide bonds. The number of carbonyl (C=O) groups is 1. The molecule has 0 spiro atoms. The van der Waals surface area contributed by atoms with Gasteiger partial charge in [0.1, 0.15) is 0 Å². The van der Waals surface area contributed by atoms with Gasteiger partial charge in [0.25, 0.3) is 0 Å². The van der Waals surface area contributed by atoms with Crippen molar-refractivity contribution in [3.8, 4) is 0 Å². The number of hydrogen-bond donors (Lipinski definition) is 1. The molecule has 13 heavy (non-hydrogen) atoms. The Morgan fingerprint density at radius 1 is 1.46 bits per heavy atom. The number of nitrogens with one attached hydrogen (secondary N) is 1. The molecule has 1 atom stereocenters. The van der Waals surface area contributed by atoms with Crippen molar-refractivity contribution in [1.29, 1.82) is 0 Å². The Bertz CT molecular complexity index is 179. The number of hydrogen-bond acceptors (Lipinski definition) is 1. The van der Waals surface area contributed by atoms with Crippen molar-refractivity contribution in [2.45, 2.75) is 25.6 Å². The van der Waals surface area contributed by atoms with Crippen molar-refractivity contribution in [1.82, 2.24) is 10.2 Å². The van der Waals surface area contributed by atoms with Crippen LogP contribution in [0.5, 0.6) is 0 Å². The molecule has 0 saturated heterocycles. The third-order valence-corrected chi connectivity index (χ3v) is 1.31. The van der Waals surface area contributed by atoms with E-state index in [1.54, 1.807) is 0 Å². The number of rotatable bonds is 2. The van der Waals surface area contributed by atoms with Crippen LogP contribution in [0.3, 0.4) is 0 Å². The first-order chi connectivity index (χ1) is 5.72. The highest BCUT2D eigenvalue weighted by molar-refractivity contribution is 5.73. The van der Waals surface area contributed by atoms with Crippen LogP contribution in [0.4, 0.5) is 18.0 Å². The molecular weight excluding hydrogens is 185 g/mol. The summed E-state index contributed by atoms with van der Waals surface area (Å²) in [4.78, 5) is 12.1. The second-order valence-electron chi connectivity index (χ2n) is 3.06. The molecule has 0 saturated carbocycles. The van der Waals surface area contributed by atoms with Gasteiger partial charge in [0, 0.05) is 20.1 Å². The van der Waals surface area contributed by atoms with Crippen LogP contribution in [0, 0.1) is 0 Å². The summed E-state index contributed by atoms with van der Waals surface area (Å²) in [5, 5.41) is 2.20. The summed E-state index contributed by atoms with van der Waals surface area (Å²) in [7, 11) is 2.94. The van der Waals surface area contributed by atoms with Crippen molar-refractivity contribution in [2.75, 3.05) is 14.1 Å². The minimum atomic E-state index is -4.24. The second-order valence-corrected chi connectivity index (χ2v) is 3.06. The van der Waals surface area contributed by atoms with Gasteiger partial charge in [0.2, 0.25) is 0 Å². The van der Waals surface area contributed by atoms with Gasteiger partial charge in [-0.05, 0) is 6.92 Å². The average molecular weight is 198 g/mol. The van der Waals surface area contributed by atoms with E-state index in [0.717, 1.165) is 0 Å². The standard InChI is InChI=1S/C7H13F3N2O/c1-5(4-7(8,9)10)11-6(13)12(2)3/h5H,4H2,1-3H3,(H,11,13). The third kappa shape index (κ3) is 6.24. The monoisotopic (exact) mass is 198 g/mol. The normalized spacial score (nSPS) is 13.7. The Kier molecular flexibility index (Phi) is 4.03. The Balaban J connectivity index is 3.88. The first-order valence-electron chi connectivity index (χ1n) is 3.77. The zero-order valence-electron chi connectivity index (χ0n) is 7.77. The maximum atomic E-state index is 11.8. The van der Waals surface area contributed by atoms with E-state index in [9.17, 15) is 18.0 Å². The van der Waals surface area contributed by atoms with Crippen LogP contribution >= 0.6 is 0 Å². The first-order valence-corrected chi connectivity index (χ1v) is 3.77. The minimum absolute atomic E-state index is 0.517. The van der Waals surface area contributed by atoms with Crippen LogP contribution < -0.4 is 5.32 Å². The fourth-order valence-electron chi connectivity index (χ4n) is 0.738. The Morgan fingerprint density at radius 3 is 2.23 bits per heavy atom. The van der Waals surface area contributed by atoms with Gasteiger partial charge in [-0.15, -0.1) is 0 Å². The number of carbonyl (C=O) groups excluding carboxylic acids is 1. The molecule has 0 radical (unpaired) electrons. The van der Waals surface area contributed by atoms with E-state index in [-0.39, 0.29) is 0 Å². The smallest absolute Gasteiger partial charge is 0.335 e. The highest BCUT2D eigenvalue weighted by atomic mass is 19.4. The third-order valence-electron chi connectivity index (χ3n) is 1.31. The van der Waals surface area contributed by atoms with Crippen LogP contribution in [0.1, 0.15) is 13.3 Å². The summed E-state index contributed by atoms with van der Waals surface area (Å²) in [6.07, 6.45) is -5.24. The maximum absolute atomic E-state index is 11.8. The molecule has 6 heteroatoms. The van der Waals surface area contributed by atoms with E-state index in [0.29, 0.717) is 0 Å². The predicted octanol–water partition coefficient (Wildman–Crippen LogP) is 1.60.